The second-order valence-electron chi connectivity index (χ2n) is 8.52. The Labute approximate surface area is 215 Å². The molecule has 2 N–H and O–H groups in total. The van der Waals surface area contributed by atoms with E-state index in [1.807, 2.05) is 6.07 Å². The van der Waals surface area contributed by atoms with Crippen molar-refractivity contribution in [2.24, 2.45) is 0 Å². The maximum atomic E-state index is 13.4. The van der Waals surface area contributed by atoms with Crippen molar-refractivity contribution in [3.05, 3.63) is 69.8 Å². The summed E-state index contributed by atoms with van der Waals surface area (Å²) in [5.74, 6) is -0.169. The topological polar surface area (TPSA) is 149 Å². The van der Waals surface area contributed by atoms with Crippen LogP contribution in [0.15, 0.2) is 68.6 Å². The molecule has 1 aliphatic rings. The summed E-state index contributed by atoms with van der Waals surface area (Å²) < 4.78 is 28.0. The lowest BCUT2D eigenvalue weighted by molar-refractivity contribution is -0.118. The summed E-state index contributed by atoms with van der Waals surface area (Å²) in [7, 11) is -3.78. The van der Waals surface area contributed by atoms with E-state index < -0.39 is 21.1 Å². The molecule has 0 radical (unpaired) electrons. The standard InChI is InChI=1S/C24H24N6O5S2/c31-18(14-36-21-17-8-10-26-20(17)27-15-28-21)25-9-4-11-29-22(32)19(16-6-2-1-3-7-16)23-30(24(29)33)12-5-13-37(23,34)35/h1-3,6-8,10,15H,4-5,9,11-14H2,(H,25,31)(H,26,27,28). The van der Waals surface area contributed by atoms with Crippen LogP contribution in [0, 0.1) is 0 Å². The van der Waals surface area contributed by atoms with Crippen molar-refractivity contribution in [1.82, 2.24) is 29.4 Å². The fourth-order valence-electron chi connectivity index (χ4n) is 4.37. The van der Waals surface area contributed by atoms with Gasteiger partial charge >= 0.3 is 5.69 Å². The lowest BCUT2D eigenvalue weighted by Gasteiger charge is -2.23. The van der Waals surface area contributed by atoms with Gasteiger partial charge in [-0.3, -0.25) is 18.7 Å². The molecule has 5 rings (SSSR count). The highest BCUT2D eigenvalue weighted by molar-refractivity contribution is 8.00. The number of sulfone groups is 1. The summed E-state index contributed by atoms with van der Waals surface area (Å²) >= 11 is 1.29. The van der Waals surface area contributed by atoms with Crippen LogP contribution in [0.1, 0.15) is 12.8 Å². The Hall–Kier alpha value is -3.71. The molecule has 1 aromatic carbocycles. The molecular formula is C24H24N6O5S2. The molecule has 13 heteroatoms. The van der Waals surface area contributed by atoms with Crippen LogP contribution < -0.4 is 16.6 Å². The SMILES string of the molecule is O=C(CSc1ncnc2[nH]ccc12)NCCCn1c(=O)c(-c2ccccc2)c2n(c1=O)CCCS2(=O)=O. The minimum atomic E-state index is -3.78. The number of benzene rings is 1. The zero-order valence-corrected chi connectivity index (χ0v) is 21.3. The molecule has 0 atom stereocenters. The fourth-order valence-corrected chi connectivity index (χ4v) is 6.91. The van der Waals surface area contributed by atoms with E-state index in [4.69, 9.17) is 0 Å². The molecule has 4 heterocycles. The smallest absolute Gasteiger partial charge is 0.332 e. The molecule has 37 heavy (non-hydrogen) atoms. The average molecular weight is 541 g/mol. The van der Waals surface area contributed by atoms with Crippen LogP contribution in [0.25, 0.3) is 22.2 Å². The van der Waals surface area contributed by atoms with Gasteiger partial charge in [0.15, 0.2) is 14.9 Å². The first-order valence-corrected chi connectivity index (χ1v) is 14.3. The van der Waals surface area contributed by atoms with Crippen molar-refractivity contribution in [2.75, 3.05) is 18.1 Å². The van der Waals surface area contributed by atoms with Gasteiger partial charge in [-0.25, -0.2) is 23.2 Å². The summed E-state index contributed by atoms with van der Waals surface area (Å²) in [6.07, 6.45) is 3.81. The first-order valence-electron chi connectivity index (χ1n) is 11.7. The van der Waals surface area contributed by atoms with Crippen LogP contribution in [0.5, 0.6) is 0 Å². The molecule has 0 unspecified atom stereocenters. The van der Waals surface area contributed by atoms with Crippen molar-refractivity contribution in [2.45, 2.75) is 36.0 Å². The van der Waals surface area contributed by atoms with E-state index in [9.17, 15) is 22.8 Å². The molecular weight excluding hydrogens is 516 g/mol. The first-order chi connectivity index (χ1) is 17.9. The Balaban J connectivity index is 1.30. The van der Waals surface area contributed by atoms with E-state index in [1.54, 1.807) is 36.5 Å². The van der Waals surface area contributed by atoms with E-state index >= 15 is 0 Å². The Bertz CT molecular complexity index is 1690. The summed E-state index contributed by atoms with van der Waals surface area (Å²) in [5, 5.41) is 4.12. The van der Waals surface area contributed by atoms with Gasteiger partial charge in [-0.2, -0.15) is 0 Å². The number of amides is 1. The van der Waals surface area contributed by atoms with E-state index in [0.717, 1.165) is 9.95 Å². The quantitative estimate of drug-likeness (QED) is 0.194. The zero-order valence-electron chi connectivity index (χ0n) is 19.7. The Morgan fingerprint density at radius 3 is 2.76 bits per heavy atom. The minimum absolute atomic E-state index is 0.0151. The number of aromatic amines is 1. The van der Waals surface area contributed by atoms with Crippen LogP contribution in [0.4, 0.5) is 0 Å². The summed E-state index contributed by atoms with van der Waals surface area (Å²) in [4.78, 5) is 50.2. The highest BCUT2D eigenvalue weighted by Crippen LogP contribution is 2.27. The Kier molecular flexibility index (Phi) is 6.98. The van der Waals surface area contributed by atoms with Gasteiger partial charge in [-0.1, -0.05) is 42.1 Å². The number of nitrogens with zero attached hydrogens (tertiary/aromatic N) is 4. The Morgan fingerprint density at radius 2 is 1.95 bits per heavy atom. The number of rotatable bonds is 8. The molecule has 11 nitrogen and oxygen atoms in total. The first kappa shape index (κ1) is 25.0. The third-order valence-electron chi connectivity index (χ3n) is 6.07. The number of aromatic nitrogens is 5. The molecule has 4 aromatic rings. The minimum Gasteiger partial charge on any atom is -0.355 e. The highest BCUT2D eigenvalue weighted by atomic mass is 32.2. The Morgan fingerprint density at radius 1 is 1.14 bits per heavy atom. The highest BCUT2D eigenvalue weighted by Gasteiger charge is 2.32. The number of H-pyrrole nitrogens is 1. The van der Waals surface area contributed by atoms with Gasteiger partial charge in [-0.15, -0.1) is 0 Å². The van der Waals surface area contributed by atoms with Crippen LogP contribution in [-0.2, 0) is 27.7 Å². The van der Waals surface area contributed by atoms with Crippen molar-refractivity contribution in [3.63, 3.8) is 0 Å². The second kappa shape index (κ2) is 10.3. The number of hydrogen-bond donors (Lipinski definition) is 2. The van der Waals surface area contributed by atoms with Crippen LogP contribution in [0.3, 0.4) is 0 Å². The monoisotopic (exact) mass is 540 g/mol. The molecule has 0 fully saturated rings. The average Bonchev–Trinajstić information content (AvgIpc) is 3.37. The second-order valence-corrected chi connectivity index (χ2v) is 11.5. The van der Waals surface area contributed by atoms with Gasteiger partial charge in [-0.05, 0) is 24.5 Å². The van der Waals surface area contributed by atoms with Crippen molar-refractivity contribution in [1.29, 1.82) is 0 Å². The van der Waals surface area contributed by atoms with Gasteiger partial charge in [0.2, 0.25) is 5.91 Å². The molecule has 1 amide bonds. The zero-order chi connectivity index (χ0) is 26.0. The summed E-state index contributed by atoms with van der Waals surface area (Å²) in [6, 6.07) is 10.4. The molecule has 3 aromatic heterocycles. The van der Waals surface area contributed by atoms with Crippen LogP contribution in [-0.4, -0.2) is 56.5 Å². The third-order valence-corrected chi connectivity index (χ3v) is 8.91. The number of hydrogen-bond acceptors (Lipinski definition) is 8. The number of thioether (sulfide) groups is 1. The predicted octanol–water partition coefficient (Wildman–Crippen LogP) is 1.42. The van der Waals surface area contributed by atoms with Crippen molar-refractivity contribution < 1.29 is 13.2 Å². The summed E-state index contributed by atoms with van der Waals surface area (Å²) in [5.41, 5.74) is -0.135. The van der Waals surface area contributed by atoms with Gasteiger partial charge < -0.3 is 10.3 Å². The van der Waals surface area contributed by atoms with Gasteiger partial charge in [0.05, 0.1) is 22.5 Å². The summed E-state index contributed by atoms with van der Waals surface area (Å²) in [6.45, 7) is 0.509. The maximum Gasteiger partial charge on any atom is 0.332 e. The number of carbonyl (C=O) groups is 1. The van der Waals surface area contributed by atoms with E-state index in [1.165, 1.54) is 22.7 Å². The van der Waals surface area contributed by atoms with Crippen molar-refractivity contribution >= 4 is 38.5 Å². The fraction of sp³-hybridized carbons (Fsp3) is 0.292. The van der Waals surface area contributed by atoms with Crippen LogP contribution >= 0.6 is 11.8 Å². The largest absolute Gasteiger partial charge is 0.355 e. The molecule has 0 saturated carbocycles. The lowest BCUT2D eigenvalue weighted by Crippen LogP contribution is -2.45. The van der Waals surface area contributed by atoms with Gasteiger partial charge in [0.1, 0.15) is 17.0 Å². The van der Waals surface area contributed by atoms with Crippen LogP contribution in [0.2, 0.25) is 0 Å². The van der Waals surface area contributed by atoms with E-state index in [-0.39, 0.29) is 47.6 Å². The predicted molar refractivity (Wildman–Crippen MR) is 139 cm³/mol. The molecule has 0 saturated heterocycles. The van der Waals surface area contributed by atoms with Gasteiger partial charge in [0, 0.05) is 25.8 Å². The van der Waals surface area contributed by atoms with Crippen molar-refractivity contribution in [3.8, 4) is 11.1 Å². The molecule has 1 aliphatic heterocycles. The van der Waals surface area contributed by atoms with E-state index in [0.29, 0.717) is 29.1 Å². The lowest BCUT2D eigenvalue weighted by atomic mass is 10.1. The van der Waals surface area contributed by atoms with E-state index in [2.05, 4.69) is 20.3 Å². The third kappa shape index (κ3) is 4.96. The maximum absolute atomic E-state index is 13.4. The molecule has 0 spiro atoms. The normalized spacial score (nSPS) is 14.4. The van der Waals surface area contributed by atoms with Gasteiger partial charge in [0.25, 0.3) is 5.56 Å². The number of carbonyl (C=O) groups excluding carboxylic acids is 1. The number of nitrogens with one attached hydrogen (secondary N) is 2. The molecule has 192 valence electrons. The number of fused-ring (bicyclic) bond motifs is 2. The molecule has 0 bridgehead atoms. The molecule has 0 aliphatic carbocycles.